The first kappa shape index (κ1) is 23.4. The van der Waals surface area contributed by atoms with Gasteiger partial charge in [-0.05, 0) is 55.7 Å². The summed E-state index contributed by atoms with van der Waals surface area (Å²) in [6, 6.07) is 12.9. The Balaban J connectivity index is 2.52. The Kier molecular flexibility index (Phi) is 7.61. The van der Waals surface area contributed by atoms with Crippen molar-refractivity contribution in [3.05, 3.63) is 54.1 Å². The van der Waals surface area contributed by atoms with Crippen LogP contribution in [0.1, 0.15) is 46.1 Å². The number of sulfonamides is 1. The molecule has 0 aliphatic carbocycles. The predicted molar refractivity (Wildman–Crippen MR) is 117 cm³/mol. The number of carbonyl (C=O) groups is 2. The molecule has 1 N–H and O–H groups in total. The molecule has 2 aromatic carbocycles. The first-order valence-electron chi connectivity index (χ1n) is 9.71. The summed E-state index contributed by atoms with van der Waals surface area (Å²) >= 11 is 0. The van der Waals surface area contributed by atoms with Crippen LogP contribution in [0.15, 0.2) is 53.4 Å². The van der Waals surface area contributed by atoms with Gasteiger partial charge < -0.3 is 10.1 Å². The molecule has 0 radical (unpaired) electrons. The average Bonchev–Trinajstić information content (AvgIpc) is 2.65. The smallest absolute Gasteiger partial charge is 0.327 e. The topological polar surface area (TPSA) is 92.8 Å². The number of hydrogen-bond donors (Lipinski definition) is 1. The van der Waals surface area contributed by atoms with Gasteiger partial charge in [-0.3, -0.25) is 13.9 Å². The van der Waals surface area contributed by atoms with Crippen molar-refractivity contribution in [2.45, 2.75) is 51.5 Å². The maximum absolute atomic E-state index is 13.5. The van der Waals surface area contributed by atoms with E-state index in [4.69, 9.17) is 4.74 Å². The fourth-order valence-corrected chi connectivity index (χ4v) is 4.40. The molecule has 2 aromatic rings. The normalized spacial score (nSPS) is 11.4. The molecule has 0 fully saturated rings. The number of ether oxygens (including phenoxy) is 1. The van der Waals surface area contributed by atoms with E-state index >= 15 is 0 Å². The standard InChI is InChI=1S/C22H28N2O5S/c1-15(2)20-8-6-7-9-21(20)24(14-22(26)29-16(3)4)30(27,28)19-12-10-18(11-13-19)23-17(5)25/h6-13,15-16H,14H2,1-5H3,(H,23,25). The maximum atomic E-state index is 13.5. The highest BCUT2D eigenvalue weighted by Crippen LogP contribution is 2.32. The van der Waals surface area contributed by atoms with Crippen LogP contribution in [-0.2, 0) is 24.3 Å². The van der Waals surface area contributed by atoms with E-state index in [1.54, 1.807) is 26.0 Å². The number of amides is 1. The minimum Gasteiger partial charge on any atom is -0.462 e. The minimum atomic E-state index is -4.07. The van der Waals surface area contributed by atoms with E-state index in [-0.39, 0.29) is 22.8 Å². The summed E-state index contributed by atoms with van der Waals surface area (Å²) in [4.78, 5) is 23.6. The van der Waals surface area contributed by atoms with Crippen molar-refractivity contribution in [1.29, 1.82) is 0 Å². The SMILES string of the molecule is CC(=O)Nc1ccc(S(=O)(=O)N(CC(=O)OC(C)C)c2ccccc2C(C)C)cc1. The van der Waals surface area contributed by atoms with Gasteiger partial charge in [0, 0.05) is 12.6 Å². The van der Waals surface area contributed by atoms with Crippen molar-refractivity contribution in [3.8, 4) is 0 Å². The minimum absolute atomic E-state index is 0.00695. The number of nitrogens with one attached hydrogen (secondary N) is 1. The summed E-state index contributed by atoms with van der Waals surface area (Å²) in [5.74, 6) is -0.848. The zero-order valence-corrected chi connectivity index (χ0v) is 18.7. The predicted octanol–water partition coefficient (Wildman–Crippen LogP) is 3.92. The zero-order chi connectivity index (χ0) is 22.5. The summed E-state index contributed by atoms with van der Waals surface area (Å²) in [5, 5.41) is 2.60. The summed E-state index contributed by atoms with van der Waals surface area (Å²) in [6.45, 7) is 8.25. The summed E-state index contributed by atoms with van der Waals surface area (Å²) < 4.78 is 33.3. The third-order valence-electron chi connectivity index (χ3n) is 4.23. The Hall–Kier alpha value is -2.87. The van der Waals surface area contributed by atoms with Gasteiger partial charge in [0.2, 0.25) is 5.91 Å². The number of anilines is 2. The number of esters is 1. The van der Waals surface area contributed by atoms with Crippen LogP contribution in [0.3, 0.4) is 0 Å². The lowest BCUT2D eigenvalue weighted by Crippen LogP contribution is -2.38. The van der Waals surface area contributed by atoms with Crippen LogP contribution in [0.5, 0.6) is 0 Å². The van der Waals surface area contributed by atoms with Gasteiger partial charge in [-0.2, -0.15) is 0 Å². The molecule has 162 valence electrons. The Bertz CT molecular complexity index is 998. The van der Waals surface area contributed by atoms with Crippen molar-refractivity contribution in [1.82, 2.24) is 0 Å². The lowest BCUT2D eigenvalue weighted by Gasteiger charge is -2.27. The molecular formula is C22H28N2O5S. The third-order valence-corrected chi connectivity index (χ3v) is 6.00. The Labute approximate surface area is 178 Å². The molecule has 0 aliphatic rings. The molecule has 0 atom stereocenters. The van der Waals surface area contributed by atoms with Crippen LogP contribution in [0.4, 0.5) is 11.4 Å². The largest absolute Gasteiger partial charge is 0.462 e. The third kappa shape index (κ3) is 5.82. The molecular weight excluding hydrogens is 404 g/mol. The van der Waals surface area contributed by atoms with Gasteiger partial charge >= 0.3 is 5.97 Å². The Morgan fingerprint density at radius 3 is 2.13 bits per heavy atom. The molecule has 2 rings (SSSR count). The Morgan fingerprint density at radius 2 is 1.60 bits per heavy atom. The summed E-state index contributed by atoms with van der Waals surface area (Å²) in [5.41, 5.74) is 1.71. The first-order chi connectivity index (χ1) is 14.0. The van der Waals surface area contributed by atoms with Crippen molar-refractivity contribution >= 4 is 33.3 Å². The molecule has 0 aliphatic heterocycles. The van der Waals surface area contributed by atoms with E-state index in [0.717, 1.165) is 9.87 Å². The molecule has 30 heavy (non-hydrogen) atoms. The summed E-state index contributed by atoms with van der Waals surface area (Å²) in [6.07, 6.45) is -0.362. The lowest BCUT2D eigenvalue weighted by molar-refractivity contribution is -0.145. The fourth-order valence-electron chi connectivity index (χ4n) is 2.96. The number of hydrogen-bond acceptors (Lipinski definition) is 5. The van der Waals surface area contributed by atoms with Gasteiger partial charge in [0.25, 0.3) is 10.0 Å². The van der Waals surface area contributed by atoms with Crippen molar-refractivity contribution < 1.29 is 22.7 Å². The average molecular weight is 433 g/mol. The number of rotatable bonds is 8. The fraction of sp³-hybridized carbons (Fsp3) is 0.364. The van der Waals surface area contributed by atoms with Crippen LogP contribution >= 0.6 is 0 Å². The van der Waals surface area contributed by atoms with Gasteiger partial charge in [-0.25, -0.2) is 8.42 Å². The van der Waals surface area contributed by atoms with E-state index < -0.39 is 22.5 Å². The van der Waals surface area contributed by atoms with Gasteiger partial charge in [0.15, 0.2) is 0 Å². The molecule has 0 spiro atoms. The monoisotopic (exact) mass is 432 g/mol. The van der Waals surface area contributed by atoms with E-state index in [9.17, 15) is 18.0 Å². The van der Waals surface area contributed by atoms with Crippen molar-refractivity contribution in [2.75, 3.05) is 16.2 Å². The highest BCUT2D eigenvalue weighted by atomic mass is 32.2. The number of nitrogens with zero attached hydrogens (tertiary/aromatic N) is 1. The second-order valence-electron chi connectivity index (χ2n) is 7.47. The second-order valence-corrected chi connectivity index (χ2v) is 9.33. The van der Waals surface area contributed by atoms with Crippen LogP contribution in [0, 0.1) is 0 Å². The van der Waals surface area contributed by atoms with Crippen LogP contribution < -0.4 is 9.62 Å². The molecule has 0 bridgehead atoms. The molecule has 0 saturated heterocycles. The number of para-hydroxylation sites is 1. The van der Waals surface area contributed by atoms with Crippen LogP contribution in [0.25, 0.3) is 0 Å². The van der Waals surface area contributed by atoms with Crippen LogP contribution in [0.2, 0.25) is 0 Å². The quantitative estimate of drug-likeness (QED) is 0.639. The highest BCUT2D eigenvalue weighted by Gasteiger charge is 2.30. The van der Waals surface area contributed by atoms with Gasteiger partial charge in [0.1, 0.15) is 6.54 Å². The first-order valence-corrected chi connectivity index (χ1v) is 11.1. The van der Waals surface area contributed by atoms with Crippen LogP contribution in [-0.4, -0.2) is 32.9 Å². The molecule has 0 saturated carbocycles. The van der Waals surface area contributed by atoms with Crippen molar-refractivity contribution in [3.63, 3.8) is 0 Å². The van der Waals surface area contributed by atoms with E-state index in [2.05, 4.69) is 5.32 Å². The Morgan fingerprint density at radius 1 is 1.00 bits per heavy atom. The summed E-state index contributed by atoms with van der Waals surface area (Å²) in [7, 11) is -4.07. The highest BCUT2D eigenvalue weighted by molar-refractivity contribution is 7.92. The molecule has 0 aromatic heterocycles. The van der Waals surface area contributed by atoms with E-state index in [0.29, 0.717) is 11.4 Å². The van der Waals surface area contributed by atoms with Gasteiger partial charge in [0.05, 0.1) is 16.7 Å². The second kappa shape index (κ2) is 9.75. The lowest BCUT2D eigenvalue weighted by atomic mass is 10.0. The number of carbonyl (C=O) groups excluding carboxylic acids is 2. The van der Waals surface area contributed by atoms with Gasteiger partial charge in [-0.1, -0.05) is 32.0 Å². The van der Waals surface area contributed by atoms with E-state index in [1.165, 1.54) is 31.2 Å². The van der Waals surface area contributed by atoms with Crippen molar-refractivity contribution in [2.24, 2.45) is 0 Å². The van der Waals surface area contributed by atoms with E-state index in [1.807, 2.05) is 26.0 Å². The maximum Gasteiger partial charge on any atom is 0.327 e. The number of benzene rings is 2. The molecule has 7 nitrogen and oxygen atoms in total. The van der Waals surface area contributed by atoms with Gasteiger partial charge in [-0.15, -0.1) is 0 Å². The molecule has 8 heteroatoms. The molecule has 0 unspecified atom stereocenters. The zero-order valence-electron chi connectivity index (χ0n) is 17.9. The molecule has 1 amide bonds. The molecule has 0 heterocycles.